The van der Waals surface area contributed by atoms with Crippen LogP contribution in [0.1, 0.15) is 40.1 Å². The third-order valence-corrected chi connectivity index (χ3v) is 7.14. The summed E-state index contributed by atoms with van der Waals surface area (Å²) < 4.78 is 36.1. The van der Waals surface area contributed by atoms with Crippen molar-refractivity contribution in [3.63, 3.8) is 0 Å². The van der Waals surface area contributed by atoms with Crippen LogP contribution in [0.2, 0.25) is 10.0 Å². The van der Waals surface area contributed by atoms with Crippen molar-refractivity contribution in [1.29, 1.82) is 0 Å². The van der Waals surface area contributed by atoms with Crippen LogP contribution in [-0.2, 0) is 25.1 Å². The molecule has 0 aliphatic heterocycles. The van der Waals surface area contributed by atoms with E-state index >= 15 is 0 Å². The number of esters is 2. The average Bonchev–Trinajstić information content (AvgIpc) is 2.79. The van der Waals surface area contributed by atoms with Crippen molar-refractivity contribution in [3.05, 3.63) is 87.4 Å². The van der Waals surface area contributed by atoms with Gasteiger partial charge in [-0.05, 0) is 61.4 Å². The summed E-state index contributed by atoms with van der Waals surface area (Å²) in [6.07, 6.45) is 0. The first-order valence-electron chi connectivity index (χ1n) is 10.4. The van der Waals surface area contributed by atoms with E-state index in [1.54, 1.807) is 44.2 Å². The third kappa shape index (κ3) is 5.97. The molecule has 0 aromatic heterocycles. The van der Waals surface area contributed by atoms with Gasteiger partial charge in [0.05, 0.1) is 35.0 Å². The number of sulfone groups is 1. The summed E-state index contributed by atoms with van der Waals surface area (Å²) >= 11 is 12.2. The van der Waals surface area contributed by atoms with E-state index in [-0.39, 0.29) is 35.0 Å². The molecule has 3 aromatic carbocycles. The van der Waals surface area contributed by atoms with E-state index in [0.29, 0.717) is 15.6 Å². The molecule has 0 aliphatic carbocycles. The molecule has 0 heterocycles. The quantitative estimate of drug-likeness (QED) is 0.339. The first kappa shape index (κ1) is 25.7. The Morgan fingerprint density at radius 2 is 1.41 bits per heavy atom. The Labute approximate surface area is 208 Å². The molecule has 0 fully saturated rings. The monoisotopic (exact) mass is 520 g/mol. The summed E-state index contributed by atoms with van der Waals surface area (Å²) in [4.78, 5) is 24.7. The van der Waals surface area contributed by atoms with E-state index in [1.165, 1.54) is 30.3 Å². The topological polar surface area (TPSA) is 86.7 Å². The lowest BCUT2D eigenvalue weighted by atomic mass is 10.0. The number of ether oxygens (including phenoxy) is 2. The van der Waals surface area contributed by atoms with E-state index in [2.05, 4.69) is 0 Å². The maximum absolute atomic E-state index is 13.0. The summed E-state index contributed by atoms with van der Waals surface area (Å²) in [6, 6.07) is 15.6. The molecular formula is C25H22Cl2O6S. The van der Waals surface area contributed by atoms with Gasteiger partial charge in [0.15, 0.2) is 9.84 Å². The van der Waals surface area contributed by atoms with Crippen molar-refractivity contribution in [2.45, 2.75) is 24.5 Å². The molecule has 0 unspecified atom stereocenters. The molecule has 3 rings (SSSR count). The lowest BCUT2D eigenvalue weighted by molar-refractivity contribution is 0.0479. The molecule has 0 saturated heterocycles. The number of rotatable bonds is 8. The van der Waals surface area contributed by atoms with E-state index in [0.717, 1.165) is 11.1 Å². The van der Waals surface area contributed by atoms with Gasteiger partial charge in [0.1, 0.15) is 0 Å². The predicted octanol–water partition coefficient (Wildman–Crippen LogP) is 5.99. The van der Waals surface area contributed by atoms with Gasteiger partial charge in [-0.15, -0.1) is 0 Å². The van der Waals surface area contributed by atoms with Gasteiger partial charge < -0.3 is 9.47 Å². The van der Waals surface area contributed by atoms with Crippen LogP contribution in [0.4, 0.5) is 0 Å². The molecule has 0 amide bonds. The second kappa shape index (κ2) is 11.0. The summed E-state index contributed by atoms with van der Waals surface area (Å²) in [5.41, 5.74) is 1.78. The smallest absolute Gasteiger partial charge is 0.339 e. The molecule has 34 heavy (non-hydrogen) atoms. The second-order valence-corrected chi connectivity index (χ2v) is 10.1. The second-order valence-electron chi connectivity index (χ2n) is 7.23. The molecule has 178 valence electrons. The van der Waals surface area contributed by atoms with Gasteiger partial charge in [-0.2, -0.15) is 0 Å². The van der Waals surface area contributed by atoms with Crippen molar-refractivity contribution in [1.82, 2.24) is 0 Å². The van der Waals surface area contributed by atoms with E-state index in [4.69, 9.17) is 32.7 Å². The van der Waals surface area contributed by atoms with Gasteiger partial charge in [0.2, 0.25) is 0 Å². The van der Waals surface area contributed by atoms with E-state index in [9.17, 15) is 18.0 Å². The highest BCUT2D eigenvalue weighted by Gasteiger charge is 2.22. The number of benzene rings is 3. The Morgan fingerprint density at radius 1 is 0.794 bits per heavy atom. The highest BCUT2D eigenvalue weighted by Crippen LogP contribution is 2.31. The van der Waals surface area contributed by atoms with E-state index < -0.39 is 21.8 Å². The molecule has 0 saturated carbocycles. The highest BCUT2D eigenvalue weighted by atomic mass is 35.5. The Balaban J connectivity index is 1.89. The van der Waals surface area contributed by atoms with Crippen molar-refractivity contribution >= 4 is 45.0 Å². The fourth-order valence-electron chi connectivity index (χ4n) is 3.31. The molecule has 0 spiro atoms. The van der Waals surface area contributed by atoms with E-state index in [1.807, 2.05) is 0 Å². The molecule has 6 nitrogen and oxygen atoms in total. The molecule has 9 heteroatoms. The molecule has 0 bridgehead atoms. The minimum Gasteiger partial charge on any atom is -0.462 e. The first-order valence-corrected chi connectivity index (χ1v) is 12.8. The van der Waals surface area contributed by atoms with Crippen LogP contribution in [0.5, 0.6) is 0 Å². The Bertz CT molecular complexity index is 1320. The molecule has 0 atom stereocenters. The maximum atomic E-state index is 13.0. The lowest BCUT2D eigenvalue weighted by Crippen LogP contribution is -2.15. The van der Waals surface area contributed by atoms with Gasteiger partial charge in [-0.1, -0.05) is 47.5 Å². The summed E-state index contributed by atoms with van der Waals surface area (Å²) in [5.74, 6) is -1.78. The zero-order valence-electron chi connectivity index (χ0n) is 18.5. The summed E-state index contributed by atoms with van der Waals surface area (Å²) in [7, 11) is -3.75. The Kier molecular flexibility index (Phi) is 8.36. The SMILES string of the molecule is CCOC(=O)c1ccc(CS(=O)(=O)c2ccc(-c3ccc(Cl)cc3Cl)cc2)cc1C(=O)OCC. The fourth-order valence-corrected chi connectivity index (χ4v) is 5.17. The number of halogens is 2. The lowest BCUT2D eigenvalue weighted by Gasteiger charge is -2.11. The van der Waals surface area contributed by atoms with Crippen molar-refractivity contribution in [2.75, 3.05) is 13.2 Å². The normalized spacial score (nSPS) is 11.2. The summed E-state index contributed by atoms with van der Waals surface area (Å²) in [6.45, 7) is 3.52. The molecular weight excluding hydrogens is 499 g/mol. The predicted molar refractivity (Wildman–Crippen MR) is 131 cm³/mol. The van der Waals surface area contributed by atoms with Crippen LogP contribution in [0.15, 0.2) is 65.6 Å². The van der Waals surface area contributed by atoms with Crippen LogP contribution in [-0.4, -0.2) is 33.6 Å². The van der Waals surface area contributed by atoms with Crippen LogP contribution in [0.25, 0.3) is 11.1 Å². The van der Waals surface area contributed by atoms with Crippen molar-refractivity contribution < 1.29 is 27.5 Å². The molecule has 3 aromatic rings. The van der Waals surface area contributed by atoms with Gasteiger partial charge in [-0.3, -0.25) is 0 Å². The number of hydrogen-bond acceptors (Lipinski definition) is 6. The number of carbonyl (C=O) groups excluding carboxylic acids is 2. The van der Waals surface area contributed by atoms with Crippen LogP contribution < -0.4 is 0 Å². The van der Waals surface area contributed by atoms with Crippen LogP contribution >= 0.6 is 23.2 Å². The third-order valence-electron chi connectivity index (χ3n) is 4.89. The van der Waals surface area contributed by atoms with Crippen LogP contribution in [0.3, 0.4) is 0 Å². The molecule has 0 aliphatic rings. The standard InChI is InChI=1S/C25H22Cl2O6S/c1-3-32-24(28)21-11-5-16(13-22(21)25(29)33-4-2)15-34(30,31)19-9-6-17(7-10-19)20-12-8-18(26)14-23(20)27/h5-14H,3-4,15H2,1-2H3. The largest absolute Gasteiger partial charge is 0.462 e. The average molecular weight is 521 g/mol. The highest BCUT2D eigenvalue weighted by molar-refractivity contribution is 7.90. The van der Waals surface area contributed by atoms with Gasteiger partial charge >= 0.3 is 11.9 Å². The van der Waals surface area contributed by atoms with Crippen molar-refractivity contribution in [2.24, 2.45) is 0 Å². The zero-order valence-corrected chi connectivity index (χ0v) is 20.8. The fraction of sp³-hybridized carbons (Fsp3) is 0.200. The van der Waals surface area contributed by atoms with Crippen LogP contribution in [0, 0.1) is 0 Å². The van der Waals surface area contributed by atoms with Gasteiger partial charge in [0, 0.05) is 15.6 Å². The molecule has 0 N–H and O–H groups in total. The minimum atomic E-state index is -3.75. The van der Waals surface area contributed by atoms with Crippen molar-refractivity contribution in [3.8, 4) is 11.1 Å². The number of carbonyl (C=O) groups is 2. The Hall–Kier alpha value is -2.87. The number of hydrogen-bond donors (Lipinski definition) is 0. The minimum absolute atomic E-state index is 0.0191. The molecule has 0 radical (unpaired) electrons. The summed E-state index contributed by atoms with van der Waals surface area (Å²) in [5, 5.41) is 0.959. The van der Waals surface area contributed by atoms with Gasteiger partial charge in [0.25, 0.3) is 0 Å². The maximum Gasteiger partial charge on any atom is 0.339 e. The first-order chi connectivity index (χ1) is 16.2. The van der Waals surface area contributed by atoms with Gasteiger partial charge in [-0.25, -0.2) is 18.0 Å². The zero-order chi connectivity index (χ0) is 24.9. The Morgan fingerprint density at radius 3 is 2.00 bits per heavy atom.